The molecule has 1 spiro atoms. The Hall–Kier alpha value is -0.0800. The second kappa shape index (κ2) is 4.49. The summed E-state index contributed by atoms with van der Waals surface area (Å²) in [5.74, 6) is 4.60. The van der Waals surface area contributed by atoms with E-state index in [4.69, 9.17) is 0 Å². The van der Waals surface area contributed by atoms with Crippen molar-refractivity contribution in [3.8, 4) is 0 Å². The first kappa shape index (κ1) is 11.7. The molecule has 2 heteroatoms. The van der Waals surface area contributed by atoms with Gasteiger partial charge in [-0.25, -0.2) is 0 Å². The summed E-state index contributed by atoms with van der Waals surface area (Å²) < 4.78 is 0.589. The minimum atomic E-state index is 0.589. The van der Waals surface area contributed by atoms with Crippen molar-refractivity contribution in [1.82, 2.24) is 0 Å². The minimum absolute atomic E-state index is 0.589. The summed E-state index contributed by atoms with van der Waals surface area (Å²) in [4.78, 5) is 0. The van der Waals surface area contributed by atoms with E-state index in [1.54, 1.807) is 11.1 Å². The highest BCUT2D eigenvalue weighted by atomic mass is 32.2. The quantitative estimate of drug-likeness (QED) is 0.674. The van der Waals surface area contributed by atoms with Crippen LogP contribution in [-0.2, 0) is 6.42 Å². The molecule has 2 aliphatic carbocycles. The fourth-order valence-corrected chi connectivity index (χ4v) is 7.51. The Morgan fingerprint density at radius 2 is 1.89 bits per heavy atom. The lowest BCUT2D eigenvalue weighted by molar-refractivity contribution is 0.271. The predicted octanol–water partition coefficient (Wildman–Crippen LogP) is 4.69. The Morgan fingerprint density at radius 3 is 2.78 bits per heavy atom. The van der Waals surface area contributed by atoms with Gasteiger partial charge in [-0.2, -0.15) is 0 Å². The molecule has 0 aromatic heterocycles. The maximum atomic E-state index is 2.41. The van der Waals surface area contributed by atoms with Crippen molar-refractivity contribution in [2.45, 2.75) is 42.1 Å². The third kappa shape index (κ3) is 1.84. The van der Waals surface area contributed by atoms with Crippen LogP contribution in [0.15, 0.2) is 24.3 Å². The Morgan fingerprint density at radius 1 is 1.06 bits per heavy atom. The van der Waals surface area contributed by atoms with Crippen molar-refractivity contribution >= 4 is 23.5 Å². The zero-order chi connectivity index (χ0) is 12.0. The Balaban J connectivity index is 1.68. The number of rotatable bonds is 0. The van der Waals surface area contributed by atoms with E-state index in [0.29, 0.717) is 4.08 Å². The smallest absolute Gasteiger partial charge is 0.0617 e. The first-order valence-corrected chi connectivity index (χ1v) is 9.19. The number of aryl methyl sites for hydroxylation is 1. The van der Waals surface area contributed by atoms with Crippen LogP contribution in [0, 0.1) is 5.92 Å². The third-order valence-electron chi connectivity index (χ3n) is 5.05. The number of fused-ring (bicyclic) bond motifs is 3. The van der Waals surface area contributed by atoms with E-state index in [1.165, 1.54) is 43.6 Å². The van der Waals surface area contributed by atoms with Gasteiger partial charge in [0.1, 0.15) is 0 Å². The lowest BCUT2D eigenvalue weighted by Gasteiger charge is -2.44. The van der Waals surface area contributed by atoms with Crippen LogP contribution >= 0.6 is 23.5 Å². The molecule has 0 bridgehead atoms. The average Bonchev–Trinajstić information content (AvgIpc) is 2.87. The largest absolute Gasteiger partial charge is 0.143 e. The fraction of sp³-hybridized carbons (Fsp3) is 0.625. The van der Waals surface area contributed by atoms with Gasteiger partial charge in [0.15, 0.2) is 0 Å². The lowest BCUT2D eigenvalue weighted by Crippen LogP contribution is -2.34. The number of thioether (sulfide) groups is 2. The molecule has 4 rings (SSSR count). The maximum Gasteiger partial charge on any atom is 0.0617 e. The molecule has 2 unspecified atom stereocenters. The van der Waals surface area contributed by atoms with E-state index in [2.05, 4.69) is 47.8 Å². The molecular formula is C16H20S2. The average molecular weight is 276 g/mol. The van der Waals surface area contributed by atoms with Gasteiger partial charge in [-0.15, -0.1) is 23.5 Å². The van der Waals surface area contributed by atoms with Crippen molar-refractivity contribution in [2.75, 3.05) is 11.5 Å². The molecule has 2 fully saturated rings. The summed E-state index contributed by atoms with van der Waals surface area (Å²) in [7, 11) is 0. The molecule has 1 saturated heterocycles. The van der Waals surface area contributed by atoms with Crippen LogP contribution in [0.3, 0.4) is 0 Å². The van der Waals surface area contributed by atoms with Gasteiger partial charge >= 0.3 is 0 Å². The molecular weight excluding hydrogens is 256 g/mol. The first-order chi connectivity index (χ1) is 8.86. The second-order valence-electron chi connectivity index (χ2n) is 5.95. The van der Waals surface area contributed by atoms with Crippen molar-refractivity contribution < 1.29 is 0 Å². The van der Waals surface area contributed by atoms with E-state index in [1.807, 2.05) is 0 Å². The standard InChI is InChI=1S/C16H20S2/c1-2-4-14-12(3-1)5-6-13-7-8-16(11-15(13)14)17-9-10-18-16/h1-4,13,15H,5-11H2. The number of benzene rings is 1. The van der Waals surface area contributed by atoms with Crippen molar-refractivity contribution in [3.05, 3.63) is 35.4 Å². The highest BCUT2D eigenvalue weighted by molar-refractivity contribution is 8.21. The molecule has 0 nitrogen and oxygen atoms in total. The molecule has 1 saturated carbocycles. The van der Waals surface area contributed by atoms with Gasteiger partial charge in [0, 0.05) is 11.5 Å². The zero-order valence-corrected chi connectivity index (χ0v) is 12.4. The molecule has 0 N–H and O–H groups in total. The summed E-state index contributed by atoms with van der Waals surface area (Å²) in [5.41, 5.74) is 3.34. The van der Waals surface area contributed by atoms with Crippen LogP contribution in [0.25, 0.3) is 0 Å². The molecule has 3 aliphatic rings. The fourth-order valence-electron chi connectivity index (χ4n) is 4.14. The maximum absolute atomic E-state index is 2.41. The van der Waals surface area contributed by atoms with E-state index in [-0.39, 0.29) is 0 Å². The molecule has 1 aromatic rings. The van der Waals surface area contributed by atoms with Gasteiger partial charge in [-0.1, -0.05) is 24.3 Å². The molecule has 1 aromatic carbocycles. The molecule has 18 heavy (non-hydrogen) atoms. The summed E-state index contributed by atoms with van der Waals surface area (Å²) in [6.45, 7) is 0. The number of hydrogen-bond donors (Lipinski definition) is 0. The second-order valence-corrected chi connectivity index (χ2v) is 9.17. The summed E-state index contributed by atoms with van der Waals surface area (Å²) in [6.07, 6.45) is 7.13. The molecule has 2 atom stereocenters. The summed E-state index contributed by atoms with van der Waals surface area (Å²) in [5, 5.41) is 0. The van der Waals surface area contributed by atoms with Crippen molar-refractivity contribution in [2.24, 2.45) is 5.92 Å². The van der Waals surface area contributed by atoms with Gasteiger partial charge in [0.2, 0.25) is 0 Å². The van der Waals surface area contributed by atoms with Crippen molar-refractivity contribution in [3.63, 3.8) is 0 Å². The van der Waals surface area contributed by atoms with Crippen LogP contribution < -0.4 is 0 Å². The monoisotopic (exact) mass is 276 g/mol. The van der Waals surface area contributed by atoms with Crippen LogP contribution in [0.2, 0.25) is 0 Å². The summed E-state index contributed by atoms with van der Waals surface area (Å²) >= 11 is 4.52. The van der Waals surface area contributed by atoms with E-state index >= 15 is 0 Å². The normalized spacial score (nSPS) is 33.1. The van der Waals surface area contributed by atoms with Crippen molar-refractivity contribution in [1.29, 1.82) is 0 Å². The van der Waals surface area contributed by atoms with Crippen LogP contribution in [0.4, 0.5) is 0 Å². The third-order valence-corrected chi connectivity index (χ3v) is 8.62. The van der Waals surface area contributed by atoms with Gasteiger partial charge < -0.3 is 0 Å². The first-order valence-electron chi connectivity index (χ1n) is 7.22. The number of hydrogen-bond acceptors (Lipinski definition) is 2. The van der Waals surface area contributed by atoms with Gasteiger partial charge in [0.25, 0.3) is 0 Å². The predicted molar refractivity (Wildman–Crippen MR) is 82.5 cm³/mol. The van der Waals surface area contributed by atoms with E-state index in [9.17, 15) is 0 Å². The highest BCUT2D eigenvalue weighted by Crippen LogP contribution is 2.59. The van der Waals surface area contributed by atoms with E-state index in [0.717, 1.165) is 11.8 Å². The highest BCUT2D eigenvalue weighted by Gasteiger charge is 2.45. The molecule has 0 amide bonds. The Kier molecular flexibility index (Phi) is 2.92. The zero-order valence-electron chi connectivity index (χ0n) is 10.7. The molecule has 96 valence electrons. The topological polar surface area (TPSA) is 0 Å². The van der Waals surface area contributed by atoms with Crippen LogP contribution in [-0.4, -0.2) is 15.6 Å². The molecule has 1 aliphatic heterocycles. The Bertz CT molecular complexity index is 448. The lowest BCUT2D eigenvalue weighted by atomic mass is 9.68. The molecule has 1 heterocycles. The van der Waals surface area contributed by atoms with Gasteiger partial charge in [0.05, 0.1) is 4.08 Å². The minimum Gasteiger partial charge on any atom is -0.143 e. The van der Waals surface area contributed by atoms with Crippen LogP contribution in [0.1, 0.15) is 42.7 Å². The van der Waals surface area contributed by atoms with Crippen LogP contribution in [0.5, 0.6) is 0 Å². The van der Waals surface area contributed by atoms with Gasteiger partial charge in [-0.05, 0) is 55.1 Å². The Labute approximate surface area is 118 Å². The summed E-state index contributed by atoms with van der Waals surface area (Å²) in [6, 6.07) is 9.24. The SMILES string of the molecule is c1ccc2c(c1)CCC1CCC3(CC21)SCCS3. The van der Waals surface area contributed by atoms with E-state index < -0.39 is 0 Å². The molecule has 0 radical (unpaired) electrons. The van der Waals surface area contributed by atoms with Gasteiger partial charge in [-0.3, -0.25) is 0 Å².